The Morgan fingerprint density at radius 1 is 1.28 bits per heavy atom. The number of amides is 2. The summed E-state index contributed by atoms with van der Waals surface area (Å²) in [6, 6.07) is 6.73. The smallest absolute Gasteiger partial charge is 0.315 e. The first-order chi connectivity index (χ1) is 12.2. The number of nitrogens with zero attached hydrogens (tertiary/aromatic N) is 3. The number of aryl methyl sites for hydroxylation is 1. The molecule has 2 heterocycles. The number of aliphatic hydroxyl groups is 1. The van der Waals surface area contributed by atoms with E-state index in [0.717, 1.165) is 43.2 Å². The Morgan fingerprint density at radius 2 is 2.08 bits per heavy atom. The van der Waals surface area contributed by atoms with Crippen molar-refractivity contribution >= 4 is 6.03 Å². The van der Waals surface area contributed by atoms with Gasteiger partial charge in [0.25, 0.3) is 0 Å². The molecular formula is C17H23N5O3. The first kappa shape index (κ1) is 17.2. The lowest BCUT2D eigenvalue weighted by Crippen LogP contribution is -2.38. The standard InChI is InChI=1S/C17H23N5O3/c1-25-13-7-5-12(6-8-13)14(23)10-18-17(24)19-11-16-21-20-15-4-2-3-9-22(15)16/h5-8,14,23H,2-4,9-11H2,1H3,(H2,18,19,24). The fourth-order valence-electron chi connectivity index (χ4n) is 2.85. The van der Waals surface area contributed by atoms with Gasteiger partial charge in [-0.3, -0.25) is 0 Å². The molecule has 8 nitrogen and oxygen atoms in total. The van der Waals surface area contributed by atoms with Gasteiger partial charge in [0.1, 0.15) is 11.6 Å². The number of hydrogen-bond donors (Lipinski definition) is 3. The quantitative estimate of drug-likeness (QED) is 0.729. The second-order valence-corrected chi connectivity index (χ2v) is 5.99. The van der Waals surface area contributed by atoms with Crippen LogP contribution in [0.1, 0.15) is 36.2 Å². The first-order valence-corrected chi connectivity index (χ1v) is 8.42. The molecule has 3 rings (SSSR count). The molecular weight excluding hydrogens is 322 g/mol. The Balaban J connectivity index is 1.45. The number of aromatic nitrogens is 3. The molecule has 25 heavy (non-hydrogen) atoms. The highest BCUT2D eigenvalue weighted by Crippen LogP contribution is 2.17. The summed E-state index contributed by atoms with van der Waals surface area (Å²) in [5, 5.41) is 23.8. The van der Waals surface area contributed by atoms with Crippen LogP contribution < -0.4 is 15.4 Å². The van der Waals surface area contributed by atoms with Crippen molar-refractivity contribution in [1.29, 1.82) is 0 Å². The van der Waals surface area contributed by atoms with E-state index in [2.05, 4.69) is 25.4 Å². The van der Waals surface area contributed by atoms with Crippen molar-refractivity contribution in [3.05, 3.63) is 41.5 Å². The third-order valence-corrected chi connectivity index (χ3v) is 4.30. The van der Waals surface area contributed by atoms with E-state index in [4.69, 9.17) is 4.74 Å². The molecule has 1 aromatic heterocycles. The Bertz CT molecular complexity index is 714. The van der Waals surface area contributed by atoms with Crippen LogP contribution in [0.15, 0.2) is 24.3 Å². The zero-order valence-corrected chi connectivity index (χ0v) is 14.2. The minimum Gasteiger partial charge on any atom is -0.497 e. The van der Waals surface area contributed by atoms with Crippen molar-refractivity contribution in [3.63, 3.8) is 0 Å². The molecule has 0 spiro atoms. The molecule has 1 aliphatic heterocycles. The van der Waals surface area contributed by atoms with Crippen LogP contribution >= 0.6 is 0 Å². The molecule has 1 atom stereocenters. The highest BCUT2D eigenvalue weighted by Gasteiger charge is 2.16. The van der Waals surface area contributed by atoms with Crippen LogP contribution in [0.5, 0.6) is 5.75 Å². The van der Waals surface area contributed by atoms with Crippen molar-refractivity contribution < 1.29 is 14.6 Å². The van der Waals surface area contributed by atoms with Gasteiger partial charge in [-0.05, 0) is 30.5 Å². The predicted octanol–water partition coefficient (Wildman–Crippen LogP) is 1.16. The second kappa shape index (κ2) is 7.98. The van der Waals surface area contributed by atoms with Crippen LogP contribution in [0, 0.1) is 0 Å². The maximum Gasteiger partial charge on any atom is 0.315 e. The summed E-state index contributed by atoms with van der Waals surface area (Å²) in [5.74, 6) is 2.47. The average Bonchev–Trinajstić information content (AvgIpc) is 3.07. The van der Waals surface area contributed by atoms with Crippen molar-refractivity contribution in [1.82, 2.24) is 25.4 Å². The Morgan fingerprint density at radius 3 is 2.84 bits per heavy atom. The van der Waals surface area contributed by atoms with Crippen LogP contribution in [0.3, 0.4) is 0 Å². The number of carbonyl (C=O) groups excluding carboxylic acids is 1. The summed E-state index contributed by atoms with van der Waals surface area (Å²) in [4.78, 5) is 11.9. The highest BCUT2D eigenvalue weighted by molar-refractivity contribution is 5.73. The van der Waals surface area contributed by atoms with Gasteiger partial charge in [-0.2, -0.15) is 0 Å². The van der Waals surface area contributed by atoms with E-state index in [-0.39, 0.29) is 12.6 Å². The molecule has 0 aliphatic carbocycles. The predicted molar refractivity (Wildman–Crippen MR) is 91.2 cm³/mol. The van der Waals surface area contributed by atoms with Gasteiger partial charge >= 0.3 is 6.03 Å². The lowest BCUT2D eigenvalue weighted by Gasteiger charge is -2.15. The Labute approximate surface area is 146 Å². The number of fused-ring (bicyclic) bond motifs is 1. The molecule has 8 heteroatoms. The minimum absolute atomic E-state index is 0.121. The fourth-order valence-corrected chi connectivity index (χ4v) is 2.85. The van der Waals surface area contributed by atoms with E-state index in [1.54, 1.807) is 31.4 Å². The molecule has 3 N–H and O–H groups in total. The zero-order valence-electron chi connectivity index (χ0n) is 14.2. The van der Waals surface area contributed by atoms with Gasteiger partial charge in [0.15, 0.2) is 5.82 Å². The maximum absolute atomic E-state index is 11.9. The lowest BCUT2D eigenvalue weighted by molar-refractivity contribution is 0.173. The highest BCUT2D eigenvalue weighted by atomic mass is 16.5. The van der Waals surface area contributed by atoms with Crippen LogP contribution in [0.2, 0.25) is 0 Å². The lowest BCUT2D eigenvalue weighted by atomic mass is 10.1. The topological polar surface area (TPSA) is 101 Å². The minimum atomic E-state index is -0.780. The van der Waals surface area contributed by atoms with Crippen LogP contribution in [-0.4, -0.2) is 39.6 Å². The molecule has 1 aliphatic rings. The molecule has 0 radical (unpaired) electrons. The van der Waals surface area contributed by atoms with Crippen LogP contribution in [0.25, 0.3) is 0 Å². The molecule has 0 bridgehead atoms. The summed E-state index contributed by atoms with van der Waals surface area (Å²) in [5.41, 5.74) is 0.715. The number of carbonyl (C=O) groups is 1. The largest absolute Gasteiger partial charge is 0.497 e. The van der Waals surface area contributed by atoms with E-state index >= 15 is 0 Å². The number of ether oxygens (including phenoxy) is 1. The fraction of sp³-hybridized carbons (Fsp3) is 0.471. The third-order valence-electron chi connectivity index (χ3n) is 4.30. The molecule has 1 unspecified atom stereocenters. The van der Waals surface area contributed by atoms with Crippen molar-refractivity contribution in [2.75, 3.05) is 13.7 Å². The van der Waals surface area contributed by atoms with E-state index in [1.807, 2.05) is 0 Å². The number of methoxy groups -OCH3 is 1. The molecule has 0 saturated heterocycles. The number of hydrogen-bond acceptors (Lipinski definition) is 5. The number of nitrogens with one attached hydrogen (secondary N) is 2. The van der Waals surface area contributed by atoms with Crippen LogP contribution in [-0.2, 0) is 19.5 Å². The average molecular weight is 345 g/mol. The van der Waals surface area contributed by atoms with Crippen molar-refractivity contribution in [2.45, 2.75) is 38.5 Å². The second-order valence-electron chi connectivity index (χ2n) is 5.99. The van der Waals surface area contributed by atoms with E-state index < -0.39 is 6.10 Å². The van der Waals surface area contributed by atoms with Gasteiger partial charge in [-0.1, -0.05) is 12.1 Å². The molecule has 1 aromatic carbocycles. The number of urea groups is 1. The van der Waals surface area contributed by atoms with Gasteiger partial charge in [-0.15, -0.1) is 10.2 Å². The zero-order chi connectivity index (χ0) is 17.6. The third kappa shape index (κ3) is 4.27. The summed E-state index contributed by atoms with van der Waals surface area (Å²) >= 11 is 0. The number of benzene rings is 1. The first-order valence-electron chi connectivity index (χ1n) is 8.42. The van der Waals surface area contributed by atoms with Gasteiger partial charge in [0.2, 0.25) is 0 Å². The molecule has 2 aromatic rings. The Kier molecular flexibility index (Phi) is 5.49. The summed E-state index contributed by atoms with van der Waals surface area (Å²) < 4.78 is 7.14. The number of aliphatic hydroxyl groups excluding tert-OH is 1. The Hall–Kier alpha value is -2.61. The summed E-state index contributed by atoms with van der Waals surface area (Å²) in [6.45, 7) is 1.34. The summed E-state index contributed by atoms with van der Waals surface area (Å²) in [7, 11) is 1.59. The molecule has 0 fully saturated rings. The van der Waals surface area contributed by atoms with Crippen molar-refractivity contribution in [3.8, 4) is 5.75 Å². The number of rotatable bonds is 6. The van der Waals surface area contributed by atoms with E-state index in [9.17, 15) is 9.90 Å². The molecule has 0 saturated carbocycles. The van der Waals surface area contributed by atoms with Crippen molar-refractivity contribution in [2.24, 2.45) is 0 Å². The van der Waals surface area contributed by atoms with Gasteiger partial charge in [-0.25, -0.2) is 4.79 Å². The van der Waals surface area contributed by atoms with E-state index in [0.29, 0.717) is 12.1 Å². The summed E-state index contributed by atoms with van der Waals surface area (Å²) in [6.07, 6.45) is 2.40. The van der Waals surface area contributed by atoms with Gasteiger partial charge in [0, 0.05) is 19.5 Å². The monoisotopic (exact) mass is 345 g/mol. The van der Waals surface area contributed by atoms with Gasteiger partial charge < -0.3 is 25.0 Å². The van der Waals surface area contributed by atoms with Gasteiger partial charge in [0.05, 0.1) is 19.8 Å². The maximum atomic E-state index is 11.9. The van der Waals surface area contributed by atoms with E-state index in [1.165, 1.54) is 0 Å². The SMILES string of the molecule is COc1ccc(C(O)CNC(=O)NCc2nnc3n2CCCC3)cc1. The van der Waals surface area contributed by atoms with Crippen LogP contribution in [0.4, 0.5) is 4.79 Å². The molecule has 134 valence electrons. The normalized spacial score (nSPS) is 14.5. The molecule has 2 amide bonds.